The van der Waals surface area contributed by atoms with E-state index in [2.05, 4.69) is 9.72 Å². The molecule has 6 heteroatoms. The van der Waals surface area contributed by atoms with Gasteiger partial charge in [0.15, 0.2) is 0 Å². The van der Waals surface area contributed by atoms with Crippen LogP contribution < -0.4 is 0 Å². The molecule has 1 aromatic rings. The third kappa shape index (κ3) is 3.48. The Morgan fingerprint density at radius 3 is 2.75 bits per heavy atom. The molecule has 1 saturated carbocycles. The molecule has 108 valence electrons. The first-order chi connectivity index (χ1) is 9.61. The van der Waals surface area contributed by atoms with E-state index < -0.39 is 5.97 Å². The van der Waals surface area contributed by atoms with Crippen molar-refractivity contribution in [3.05, 3.63) is 29.0 Å². The van der Waals surface area contributed by atoms with Crippen molar-refractivity contribution in [2.45, 2.75) is 31.7 Å². The number of carbonyl (C=O) groups is 2. The van der Waals surface area contributed by atoms with E-state index in [0.29, 0.717) is 5.56 Å². The highest BCUT2D eigenvalue weighted by Crippen LogP contribution is 2.25. The molecule has 1 fully saturated rings. The molecular formula is C14H17ClN2O3. The minimum Gasteiger partial charge on any atom is -0.468 e. The van der Waals surface area contributed by atoms with E-state index in [1.807, 2.05) is 0 Å². The van der Waals surface area contributed by atoms with Gasteiger partial charge in [-0.1, -0.05) is 24.4 Å². The SMILES string of the molecule is COC(=O)CN(C(=O)c1ccnc(Cl)c1)C1CCCC1. The molecule has 0 radical (unpaired) electrons. The number of rotatable bonds is 4. The number of esters is 1. The molecule has 0 aromatic carbocycles. The maximum absolute atomic E-state index is 12.6. The summed E-state index contributed by atoms with van der Waals surface area (Å²) in [5, 5.41) is 0.264. The molecule has 0 spiro atoms. The second-order valence-corrected chi connectivity index (χ2v) is 5.20. The quantitative estimate of drug-likeness (QED) is 0.632. The van der Waals surface area contributed by atoms with Gasteiger partial charge in [-0.15, -0.1) is 0 Å². The zero-order chi connectivity index (χ0) is 14.5. The summed E-state index contributed by atoms with van der Waals surface area (Å²) in [6.45, 7) is -0.0278. The van der Waals surface area contributed by atoms with Crippen LogP contribution in [-0.2, 0) is 9.53 Å². The average molecular weight is 297 g/mol. The molecule has 20 heavy (non-hydrogen) atoms. The lowest BCUT2D eigenvalue weighted by Crippen LogP contribution is -2.42. The van der Waals surface area contributed by atoms with E-state index in [9.17, 15) is 9.59 Å². The van der Waals surface area contributed by atoms with Crippen LogP contribution in [0, 0.1) is 0 Å². The molecule has 1 heterocycles. The Hall–Kier alpha value is -1.62. The van der Waals surface area contributed by atoms with Crippen LogP contribution in [0.5, 0.6) is 0 Å². The summed E-state index contributed by atoms with van der Waals surface area (Å²) in [6, 6.07) is 3.21. The third-order valence-electron chi connectivity index (χ3n) is 3.53. The van der Waals surface area contributed by atoms with Crippen LogP contribution in [-0.4, -0.2) is 41.5 Å². The first-order valence-corrected chi connectivity index (χ1v) is 6.99. The standard InChI is InChI=1S/C14H17ClN2O3/c1-20-13(18)9-17(11-4-2-3-5-11)14(19)10-6-7-16-12(15)8-10/h6-8,11H,2-5,9H2,1H3. The van der Waals surface area contributed by atoms with Gasteiger partial charge in [0.2, 0.25) is 0 Å². The summed E-state index contributed by atoms with van der Waals surface area (Å²) >= 11 is 5.81. The Balaban J connectivity index is 2.20. The molecule has 0 aliphatic heterocycles. The molecular weight excluding hydrogens is 280 g/mol. The summed E-state index contributed by atoms with van der Waals surface area (Å²) in [7, 11) is 1.32. The van der Waals surface area contributed by atoms with E-state index in [4.69, 9.17) is 11.6 Å². The Kier molecular flexibility index (Phi) is 4.95. The fourth-order valence-electron chi connectivity index (χ4n) is 2.49. The monoisotopic (exact) mass is 296 g/mol. The highest BCUT2D eigenvalue weighted by molar-refractivity contribution is 6.29. The van der Waals surface area contributed by atoms with Gasteiger partial charge in [0.1, 0.15) is 11.7 Å². The van der Waals surface area contributed by atoms with Crippen LogP contribution in [0.25, 0.3) is 0 Å². The van der Waals surface area contributed by atoms with Crippen molar-refractivity contribution in [2.24, 2.45) is 0 Å². The molecule has 1 aliphatic carbocycles. The van der Waals surface area contributed by atoms with Crippen LogP contribution in [0.3, 0.4) is 0 Å². The predicted octanol–water partition coefficient (Wildman–Crippen LogP) is 2.29. The van der Waals surface area contributed by atoms with Crippen LogP contribution in [0.15, 0.2) is 18.3 Å². The maximum Gasteiger partial charge on any atom is 0.325 e. The van der Waals surface area contributed by atoms with Crippen molar-refractivity contribution < 1.29 is 14.3 Å². The predicted molar refractivity (Wildman–Crippen MR) is 74.6 cm³/mol. The molecule has 0 bridgehead atoms. The van der Waals surface area contributed by atoms with Crippen molar-refractivity contribution in [3.8, 4) is 0 Å². The van der Waals surface area contributed by atoms with E-state index >= 15 is 0 Å². The molecule has 1 aromatic heterocycles. The van der Waals surface area contributed by atoms with E-state index in [1.54, 1.807) is 11.0 Å². The van der Waals surface area contributed by atoms with E-state index in [1.165, 1.54) is 19.4 Å². The van der Waals surface area contributed by atoms with Crippen LogP contribution in [0.1, 0.15) is 36.0 Å². The normalized spacial score (nSPS) is 15.1. The van der Waals surface area contributed by atoms with Crippen molar-refractivity contribution >= 4 is 23.5 Å². The molecule has 0 N–H and O–H groups in total. The Morgan fingerprint density at radius 2 is 2.15 bits per heavy atom. The lowest BCUT2D eigenvalue weighted by Gasteiger charge is -2.28. The highest BCUT2D eigenvalue weighted by atomic mass is 35.5. The van der Waals surface area contributed by atoms with Gasteiger partial charge in [-0.3, -0.25) is 9.59 Å². The zero-order valence-corrected chi connectivity index (χ0v) is 12.1. The molecule has 0 unspecified atom stereocenters. The lowest BCUT2D eigenvalue weighted by atomic mass is 10.1. The molecule has 0 atom stereocenters. The Labute approximate surface area is 122 Å². The van der Waals surface area contributed by atoms with Crippen molar-refractivity contribution in [2.75, 3.05) is 13.7 Å². The molecule has 1 aliphatic rings. The molecule has 5 nitrogen and oxygen atoms in total. The summed E-state index contributed by atoms with van der Waals surface area (Å²) in [4.78, 5) is 29.5. The van der Waals surface area contributed by atoms with Gasteiger partial charge >= 0.3 is 5.97 Å². The number of aromatic nitrogens is 1. The number of amides is 1. The van der Waals surface area contributed by atoms with Crippen LogP contribution in [0.2, 0.25) is 5.15 Å². The Bertz CT molecular complexity index is 501. The first kappa shape index (κ1) is 14.8. The topological polar surface area (TPSA) is 59.5 Å². The second-order valence-electron chi connectivity index (χ2n) is 4.81. The van der Waals surface area contributed by atoms with Crippen molar-refractivity contribution in [1.29, 1.82) is 0 Å². The number of ether oxygens (including phenoxy) is 1. The van der Waals surface area contributed by atoms with E-state index in [-0.39, 0.29) is 23.6 Å². The summed E-state index contributed by atoms with van der Waals surface area (Å²) in [5.41, 5.74) is 0.445. The summed E-state index contributed by atoms with van der Waals surface area (Å²) in [5.74, 6) is -0.614. The summed E-state index contributed by atoms with van der Waals surface area (Å²) in [6.07, 6.45) is 5.48. The largest absolute Gasteiger partial charge is 0.468 e. The maximum atomic E-state index is 12.6. The minimum absolute atomic E-state index is 0.0278. The van der Waals surface area contributed by atoms with Crippen LogP contribution in [0.4, 0.5) is 0 Å². The van der Waals surface area contributed by atoms with Gasteiger partial charge in [0.25, 0.3) is 5.91 Å². The number of nitrogens with zero attached hydrogens (tertiary/aromatic N) is 2. The van der Waals surface area contributed by atoms with Gasteiger partial charge < -0.3 is 9.64 Å². The molecule has 0 saturated heterocycles. The first-order valence-electron chi connectivity index (χ1n) is 6.61. The molecule has 1 amide bonds. The van der Waals surface area contributed by atoms with Gasteiger partial charge in [0, 0.05) is 17.8 Å². The third-order valence-corrected chi connectivity index (χ3v) is 3.73. The summed E-state index contributed by atoms with van der Waals surface area (Å²) < 4.78 is 4.68. The van der Waals surface area contributed by atoms with Crippen LogP contribution >= 0.6 is 11.6 Å². The zero-order valence-electron chi connectivity index (χ0n) is 11.3. The van der Waals surface area contributed by atoms with Gasteiger partial charge in [-0.2, -0.15) is 0 Å². The fourth-order valence-corrected chi connectivity index (χ4v) is 2.66. The minimum atomic E-state index is -0.412. The number of carbonyl (C=O) groups excluding carboxylic acids is 2. The van der Waals surface area contributed by atoms with E-state index in [0.717, 1.165) is 25.7 Å². The number of hydrogen-bond acceptors (Lipinski definition) is 4. The van der Waals surface area contributed by atoms with Gasteiger partial charge in [-0.25, -0.2) is 4.98 Å². The van der Waals surface area contributed by atoms with Gasteiger partial charge in [0.05, 0.1) is 7.11 Å². The molecule has 2 rings (SSSR count). The van der Waals surface area contributed by atoms with Crippen molar-refractivity contribution in [3.63, 3.8) is 0 Å². The Morgan fingerprint density at radius 1 is 1.45 bits per heavy atom. The average Bonchev–Trinajstić information content (AvgIpc) is 2.97. The number of pyridine rings is 1. The van der Waals surface area contributed by atoms with Crippen molar-refractivity contribution in [1.82, 2.24) is 9.88 Å². The number of methoxy groups -OCH3 is 1. The smallest absolute Gasteiger partial charge is 0.325 e. The van der Waals surface area contributed by atoms with Gasteiger partial charge in [-0.05, 0) is 25.0 Å². The lowest BCUT2D eigenvalue weighted by molar-refractivity contribution is -0.141. The number of hydrogen-bond donors (Lipinski definition) is 0. The fraction of sp³-hybridized carbons (Fsp3) is 0.500. The number of halogens is 1. The second kappa shape index (κ2) is 6.70. The highest BCUT2D eigenvalue weighted by Gasteiger charge is 2.29.